The second-order valence-corrected chi connectivity index (χ2v) is 7.27. The molecule has 0 radical (unpaired) electrons. The molecule has 4 saturated carbocycles. The smallest absolute Gasteiger partial charge is 0.303 e. The van der Waals surface area contributed by atoms with Crippen LogP contribution in [-0.4, -0.2) is 32.5 Å². The fourth-order valence-corrected chi connectivity index (χ4v) is 4.54. The maximum absolute atomic E-state index is 10.6. The summed E-state index contributed by atoms with van der Waals surface area (Å²) in [5.41, 5.74) is -0.913. The number of carbonyl (C=O) groups is 1. The lowest BCUT2D eigenvalue weighted by atomic mass is 9.56. The molecule has 4 heteroatoms. The molecule has 0 aliphatic heterocycles. The van der Waals surface area contributed by atoms with Crippen LogP contribution in [-0.2, 0) is 4.79 Å². The predicted molar refractivity (Wildman–Crippen MR) is 76.2 cm³/mol. The van der Waals surface area contributed by atoms with Crippen LogP contribution in [0, 0.1) is 23.7 Å². The van der Waals surface area contributed by atoms with Crippen molar-refractivity contribution in [3.05, 3.63) is 0 Å². The van der Waals surface area contributed by atoms with Crippen molar-refractivity contribution in [2.24, 2.45) is 23.7 Å². The summed E-state index contributed by atoms with van der Waals surface area (Å²) in [6.45, 7) is 5.66. The summed E-state index contributed by atoms with van der Waals surface area (Å²) < 4.78 is 0. The number of aliphatic carboxylic acids is 1. The summed E-state index contributed by atoms with van der Waals surface area (Å²) in [4.78, 5) is 9.37. The molecular formula is C16H28O4. The van der Waals surface area contributed by atoms with Gasteiger partial charge in [0.2, 0.25) is 0 Å². The molecule has 4 fully saturated rings. The van der Waals surface area contributed by atoms with Gasteiger partial charge in [0.05, 0.1) is 11.2 Å². The predicted octanol–water partition coefficient (Wildman–Crippen LogP) is 2.43. The zero-order valence-corrected chi connectivity index (χ0v) is 12.8. The molecule has 0 unspecified atom stereocenters. The highest BCUT2D eigenvalue weighted by Gasteiger charge is 2.58. The zero-order valence-electron chi connectivity index (χ0n) is 12.8. The van der Waals surface area contributed by atoms with Gasteiger partial charge in [0, 0.05) is 6.42 Å². The van der Waals surface area contributed by atoms with Gasteiger partial charge < -0.3 is 15.3 Å². The highest BCUT2D eigenvalue weighted by molar-refractivity contribution is 5.66. The number of carboxylic acid groups (broad SMARTS) is 1. The second-order valence-electron chi connectivity index (χ2n) is 7.27. The number of carboxylic acids is 1. The molecule has 0 aromatic rings. The van der Waals surface area contributed by atoms with Crippen LogP contribution in [0.2, 0.25) is 0 Å². The Bertz CT molecular complexity index is 335. The minimum atomic E-state index is -0.745. The first-order chi connectivity index (χ1) is 9.19. The maximum Gasteiger partial charge on any atom is 0.303 e. The molecule has 6 atom stereocenters. The average molecular weight is 284 g/mol. The van der Waals surface area contributed by atoms with E-state index in [0.29, 0.717) is 23.7 Å². The average Bonchev–Trinajstić information content (AvgIpc) is 2.51. The molecule has 4 rings (SSSR count). The van der Waals surface area contributed by atoms with Gasteiger partial charge in [-0.15, -0.1) is 0 Å². The molecule has 0 aromatic heterocycles. The molecule has 3 N–H and O–H groups in total. The van der Waals surface area contributed by atoms with Gasteiger partial charge in [0.1, 0.15) is 0 Å². The third-order valence-corrected chi connectivity index (χ3v) is 6.18. The van der Waals surface area contributed by atoms with Gasteiger partial charge in [0.25, 0.3) is 0 Å². The standard InChI is InChI=1S/C13H22O2.C3H6O2/c1-12(14)8-3-4-9-6-10(12)7-11(5-8)13(9,2)15;1-2-3(4)5/h8-11,14-15H,3-7H2,1-2H3;2H2,1H3,(H,4,5)/t8-,9-,10+,11+,12-,13-;/m1./s1. The van der Waals surface area contributed by atoms with E-state index < -0.39 is 17.2 Å². The van der Waals surface area contributed by atoms with Gasteiger partial charge in [-0.1, -0.05) is 6.92 Å². The molecule has 0 heterocycles. The quantitative estimate of drug-likeness (QED) is 0.691. The summed E-state index contributed by atoms with van der Waals surface area (Å²) >= 11 is 0. The Labute approximate surface area is 121 Å². The van der Waals surface area contributed by atoms with E-state index in [1.54, 1.807) is 6.92 Å². The lowest BCUT2D eigenvalue weighted by Gasteiger charge is -2.54. The Morgan fingerprint density at radius 1 is 0.950 bits per heavy atom. The van der Waals surface area contributed by atoms with Gasteiger partial charge in [0.15, 0.2) is 0 Å². The van der Waals surface area contributed by atoms with Crippen molar-refractivity contribution in [1.82, 2.24) is 0 Å². The number of fused-ring (bicyclic) bond motifs is 1. The van der Waals surface area contributed by atoms with E-state index in [2.05, 4.69) is 0 Å². The van der Waals surface area contributed by atoms with Crippen molar-refractivity contribution in [2.75, 3.05) is 0 Å². The molecule has 116 valence electrons. The van der Waals surface area contributed by atoms with E-state index in [1.807, 2.05) is 13.8 Å². The van der Waals surface area contributed by atoms with Crippen LogP contribution in [0.3, 0.4) is 0 Å². The van der Waals surface area contributed by atoms with E-state index in [0.717, 1.165) is 32.1 Å². The maximum atomic E-state index is 10.6. The van der Waals surface area contributed by atoms with Crippen molar-refractivity contribution in [3.8, 4) is 0 Å². The monoisotopic (exact) mass is 284 g/mol. The third kappa shape index (κ3) is 2.60. The number of hydrogen-bond donors (Lipinski definition) is 3. The van der Waals surface area contributed by atoms with Gasteiger partial charge >= 0.3 is 5.97 Å². The zero-order chi connectivity index (χ0) is 15.1. The first-order valence-electron chi connectivity index (χ1n) is 7.86. The SMILES string of the molecule is CCC(=O)O.C[C@]1(O)[C@@H]2C[C@@H]3C[C@H]1CC[C@H](C2)[C@@]3(C)O. The molecule has 4 nitrogen and oxygen atoms in total. The van der Waals surface area contributed by atoms with Crippen LogP contribution in [0.5, 0.6) is 0 Å². The van der Waals surface area contributed by atoms with Crippen molar-refractivity contribution in [3.63, 3.8) is 0 Å². The third-order valence-electron chi connectivity index (χ3n) is 6.18. The van der Waals surface area contributed by atoms with E-state index in [9.17, 15) is 15.0 Å². The summed E-state index contributed by atoms with van der Waals surface area (Å²) in [6.07, 6.45) is 5.55. The molecule has 0 amide bonds. The fourth-order valence-electron chi connectivity index (χ4n) is 4.54. The molecule has 20 heavy (non-hydrogen) atoms. The summed E-state index contributed by atoms with van der Waals surface area (Å²) in [6, 6.07) is 0. The van der Waals surface area contributed by atoms with Gasteiger partial charge in [-0.2, -0.15) is 0 Å². The summed E-state index contributed by atoms with van der Waals surface area (Å²) in [5.74, 6) is 0.994. The Hall–Kier alpha value is -0.610. The van der Waals surface area contributed by atoms with Crippen molar-refractivity contribution in [1.29, 1.82) is 0 Å². The van der Waals surface area contributed by atoms with Crippen LogP contribution in [0.4, 0.5) is 0 Å². The Morgan fingerprint density at radius 3 is 1.55 bits per heavy atom. The molecule has 0 aromatic carbocycles. The van der Waals surface area contributed by atoms with E-state index in [-0.39, 0.29) is 6.42 Å². The van der Waals surface area contributed by atoms with E-state index in [4.69, 9.17) is 5.11 Å². The Morgan fingerprint density at radius 2 is 1.25 bits per heavy atom. The first-order valence-corrected chi connectivity index (χ1v) is 7.86. The van der Waals surface area contributed by atoms with Crippen LogP contribution in [0.1, 0.15) is 59.3 Å². The van der Waals surface area contributed by atoms with Crippen LogP contribution >= 0.6 is 0 Å². The van der Waals surface area contributed by atoms with E-state index in [1.165, 1.54) is 0 Å². The second kappa shape index (κ2) is 5.30. The lowest BCUT2D eigenvalue weighted by Crippen LogP contribution is -2.56. The van der Waals surface area contributed by atoms with Crippen LogP contribution in [0.25, 0.3) is 0 Å². The van der Waals surface area contributed by atoms with Gasteiger partial charge in [-0.05, 0) is 69.6 Å². The molecule has 0 spiro atoms. The summed E-state index contributed by atoms with van der Waals surface area (Å²) in [5, 5.41) is 28.8. The van der Waals surface area contributed by atoms with Crippen molar-refractivity contribution < 1.29 is 20.1 Å². The Balaban J connectivity index is 0.000000257. The topological polar surface area (TPSA) is 77.8 Å². The highest BCUT2D eigenvalue weighted by Crippen LogP contribution is 2.59. The molecule has 4 aliphatic carbocycles. The molecule has 4 bridgehead atoms. The molecule has 4 aliphatic rings. The fraction of sp³-hybridized carbons (Fsp3) is 0.938. The first kappa shape index (κ1) is 15.8. The van der Waals surface area contributed by atoms with Crippen LogP contribution in [0.15, 0.2) is 0 Å². The largest absolute Gasteiger partial charge is 0.481 e. The minimum absolute atomic E-state index is 0.222. The van der Waals surface area contributed by atoms with Crippen molar-refractivity contribution in [2.45, 2.75) is 70.5 Å². The van der Waals surface area contributed by atoms with E-state index >= 15 is 0 Å². The number of rotatable bonds is 1. The number of hydrogen-bond acceptors (Lipinski definition) is 3. The molecular weight excluding hydrogens is 256 g/mol. The van der Waals surface area contributed by atoms with Gasteiger partial charge in [-0.3, -0.25) is 4.79 Å². The Kier molecular flexibility index (Phi) is 4.18. The minimum Gasteiger partial charge on any atom is -0.481 e. The van der Waals surface area contributed by atoms with Gasteiger partial charge in [-0.25, -0.2) is 0 Å². The normalized spacial score (nSPS) is 49.2. The summed E-state index contributed by atoms with van der Waals surface area (Å²) in [7, 11) is 0. The van der Waals surface area contributed by atoms with Crippen LogP contribution < -0.4 is 0 Å². The number of aliphatic hydroxyl groups is 2. The lowest BCUT2D eigenvalue weighted by molar-refractivity contribution is -0.168. The van der Waals surface area contributed by atoms with Crippen molar-refractivity contribution >= 4 is 5.97 Å². The molecule has 0 saturated heterocycles. The highest BCUT2D eigenvalue weighted by atomic mass is 16.4.